The molecule has 0 aliphatic carbocycles. The number of hydrogen-bond acceptors (Lipinski definition) is 5. The molecule has 2 heterocycles. The molecule has 0 aromatic heterocycles. The van der Waals surface area contributed by atoms with Gasteiger partial charge < -0.3 is 20.3 Å². The van der Waals surface area contributed by atoms with E-state index in [1.54, 1.807) is 36.3 Å². The van der Waals surface area contributed by atoms with Crippen molar-refractivity contribution in [3.63, 3.8) is 0 Å². The van der Waals surface area contributed by atoms with Crippen LogP contribution in [-0.4, -0.2) is 66.8 Å². The van der Waals surface area contributed by atoms with Crippen molar-refractivity contribution in [2.75, 3.05) is 33.3 Å². The topological polar surface area (TPSA) is 117 Å². The molecule has 2 aromatic rings. The summed E-state index contributed by atoms with van der Waals surface area (Å²) in [5.74, 6) is 0.721. The molecule has 2 aliphatic heterocycles. The number of aryl methyl sites for hydroxylation is 1. The molecular formula is C30H39N5O4. The van der Waals surface area contributed by atoms with E-state index in [0.717, 1.165) is 57.3 Å². The molecule has 9 heteroatoms. The summed E-state index contributed by atoms with van der Waals surface area (Å²) in [6.45, 7) is 4.78. The summed E-state index contributed by atoms with van der Waals surface area (Å²) < 4.78 is 5.04. The summed E-state index contributed by atoms with van der Waals surface area (Å²) in [6.07, 6.45) is 14.0. The van der Waals surface area contributed by atoms with Crippen LogP contribution in [0.25, 0.3) is 0 Å². The molecule has 3 amide bonds. The number of carbonyl (C=O) groups is 3. The van der Waals surface area contributed by atoms with Crippen molar-refractivity contribution in [1.82, 2.24) is 15.1 Å². The molecule has 9 nitrogen and oxygen atoms in total. The van der Waals surface area contributed by atoms with Crippen molar-refractivity contribution in [2.45, 2.75) is 45.4 Å². The van der Waals surface area contributed by atoms with E-state index in [1.165, 1.54) is 0 Å². The average Bonchev–Trinajstić information content (AvgIpc) is 3.41. The quantitative estimate of drug-likeness (QED) is 0.346. The zero-order chi connectivity index (χ0) is 28.6. The van der Waals surface area contributed by atoms with E-state index in [2.05, 4.69) is 23.2 Å². The van der Waals surface area contributed by atoms with E-state index in [1.807, 2.05) is 36.1 Å². The number of ether oxygens (including phenoxy) is 1. The first-order chi connectivity index (χ1) is 18.9. The van der Waals surface area contributed by atoms with Crippen molar-refractivity contribution < 1.29 is 19.1 Å². The van der Waals surface area contributed by atoms with Gasteiger partial charge in [-0.15, -0.1) is 12.8 Å². The SMILES string of the molecule is C#C.COc1ccc(C(=O)NC(N)=Nc2cccc(C)c2)cc1.O=C(CN1CCCCCC1=O)N1CCCC1. The summed E-state index contributed by atoms with van der Waals surface area (Å²) in [6, 6.07) is 14.3. The number of hydrogen-bond donors (Lipinski definition) is 2. The number of terminal acetylenes is 1. The number of likely N-dealkylation sites (tertiary alicyclic amines) is 2. The lowest BCUT2D eigenvalue weighted by atomic mass is 10.2. The molecule has 0 spiro atoms. The number of rotatable bonds is 5. The first-order valence-corrected chi connectivity index (χ1v) is 13.1. The molecule has 0 atom stereocenters. The Morgan fingerprint density at radius 1 is 1.00 bits per heavy atom. The lowest BCUT2D eigenvalue weighted by molar-refractivity contribution is -0.139. The number of nitrogens with two attached hydrogens (primary N) is 1. The van der Waals surface area contributed by atoms with Crippen molar-refractivity contribution in [3.05, 3.63) is 59.7 Å². The van der Waals surface area contributed by atoms with Crippen LogP contribution in [0, 0.1) is 19.8 Å². The number of carbonyl (C=O) groups excluding carboxylic acids is 3. The highest BCUT2D eigenvalue weighted by atomic mass is 16.5. The summed E-state index contributed by atoms with van der Waals surface area (Å²) in [5.41, 5.74) is 8.00. The van der Waals surface area contributed by atoms with Gasteiger partial charge in [0.1, 0.15) is 5.75 Å². The van der Waals surface area contributed by atoms with Gasteiger partial charge in [0, 0.05) is 31.6 Å². The molecule has 0 radical (unpaired) electrons. The second kappa shape index (κ2) is 16.5. The second-order valence-electron chi connectivity index (χ2n) is 9.23. The number of nitrogens with one attached hydrogen (secondary N) is 1. The maximum absolute atomic E-state index is 12.0. The maximum atomic E-state index is 12.0. The maximum Gasteiger partial charge on any atom is 0.257 e. The van der Waals surface area contributed by atoms with Crippen LogP contribution < -0.4 is 15.8 Å². The van der Waals surface area contributed by atoms with Gasteiger partial charge in [0.05, 0.1) is 19.3 Å². The number of guanidine groups is 1. The van der Waals surface area contributed by atoms with Crippen LogP contribution in [0.4, 0.5) is 5.69 Å². The molecule has 2 aromatic carbocycles. The van der Waals surface area contributed by atoms with Gasteiger partial charge in [-0.2, -0.15) is 0 Å². The van der Waals surface area contributed by atoms with Crippen molar-refractivity contribution in [3.8, 4) is 18.6 Å². The first-order valence-electron chi connectivity index (χ1n) is 13.1. The Morgan fingerprint density at radius 3 is 2.31 bits per heavy atom. The Labute approximate surface area is 231 Å². The van der Waals surface area contributed by atoms with Gasteiger partial charge >= 0.3 is 0 Å². The fourth-order valence-electron chi connectivity index (χ4n) is 4.23. The van der Waals surface area contributed by atoms with E-state index in [-0.39, 0.29) is 23.7 Å². The number of amides is 3. The fourth-order valence-corrected chi connectivity index (χ4v) is 4.23. The Hall–Kier alpha value is -4.32. The lowest BCUT2D eigenvalue weighted by Gasteiger charge is -2.23. The third-order valence-electron chi connectivity index (χ3n) is 6.30. The first kappa shape index (κ1) is 30.9. The molecule has 0 saturated carbocycles. The second-order valence-corrected chi connectivity index (χ2v) is 9.23. The Kier molecular flexibility index (Phi) is 13.1. The molecule has 0 bridgehead atoms. The molecule has 2 saturated heterocycles. The third-order valence-corrected chi connectivity index (χ3v) is 6.30. The van der Waals surface area contributed by atoms with Crippen LogP contribution in [0.1, 0.15) is 54.4 Å². The van der Waals surface area contributed by atoms with Gasteiger partial charge in [0.2, 0.25) is 17.8 Å². The van der Waals surface area contributed by atoms with Gasteiger partial charge in [-0.25, -0.2) is 4.99 Å². The Morgan fingerprint density at radius 2 is 1.67 bits per heavy atom. The lowest BCUT2D eigenvalue weighted by Crippen LogP contribution is -2.41. The minimum atomic E-state index is -0.313. The number of benzene rings is 2. The molecule has 39 heavy (non-hydrogen) atoms. The molecule has 0 unspecified atom stereocenters. The van der Waals surface area contributed by atoms with Gasteiger partial charge in [-0.3, -0.25) is 19.7 Å². The highest BCUT2D eigenvalue weighted by molar-refractivity contribution is 6.05. The standard InChI is InChI=1S/C16H17N3O2.C12H20N2O2.C2H2/c1-11-4-3-5-13(10-11)18-16(17)19-15(20)12-6-8-14(21-2)9-7-12;15-11-6-2-1-3-9-14(11)10-12(16)13-7-4-5-8-13;1-2/h3-10H,1-2H3,(H3,17,18,19,20);1-10H2;1-2H. The third kappa shape index (κ3) is 10.5. The van der Waals surface area contributed by atoms with E-state index in [4.69, 9.17) is 10.5 Å². The minimum absolute atomic E-state index is 0.0569. The van der Waals surface area contributed by atoms with E-state index < -0.39 is 0 Å². The zero-order valence-corrected chi connectivity index (χ0v) is 22.9. The van der Waals surface area contributed by atoms with Gasteiger partial charge in [-0.1, -0.05) is 18.6 Å². The summed E-state index contributed by atoms with van der Waals surface area (Å²) in [4.78, 5) is 43.4. The Bertz CT molecular complexity index is 1140. The molecule has 4 rings (SSSR count). The zero-order valence-electron chi connectivity index (χ0n) is 22.9. The monoisotopic (exact) mass is 533 g/mol. The van der Waals surface area contributed by atoms with Crippen molar-refractivity contribution in [1.29, 1.82) is 0 Å². The average molecular weight is 534 g/mol. The van der Waals surface area contributed by atoms with Crippen molar-refractivity contribution >= 4 is 29.4 Å². The van der Waals surface area contributed by atoms with Crippen LogP contribution in [0.3, 0.4) is 0 Å². The van der Waals surface area contributed by atoms with E-state index in [9.17, 15) is 14.4 Å². The van der Waals surface area contributed by atoms with Crippen LogP contribution in [0.2, 0.25) is 0 Å². The largest absolute Gasteiger partial charge is 0.497 e. The molecule has 208 valence electrons. The smallest absolute Gasteiger partial charge is 0.257 e. The summed E-state index contributed by atoms with van der Waals surface area (Å²) in [5, 5.41) is 2.55. The van der Waals surface area contributed by atoms with Gasteiger partial charge in [0.25, 0.3) is 5.91 Å². The predicted molar refractivity (Wildman–Crippen MR) is 154 cm³/mol. The highest BCUT2D eigenvalue weighted by Gasteiger charge is 2.23. The van der Waals surface area contributed by atoms with Crippen LogP contribution in [0.15, 0.2) is 53.5 Å². The summed E-state index contributed by atoms with van der Waals surface area (Å²) >= 11 is 0. The Balaban J connectivity index is 0.000000265. The minimum Gasteiger partial charge on any atom is -0.497 e. The highest BCUT2D eigenvalue weighted by Crippen LogP contribution is 2.15. The number of methoxy groups -OCH3 is 1. The van der Waals surface area contributed by atoms with E-state index >= 15 is 0 Å². The predicted octanol–water partition coefficient (Wildman–Crippen LogP) is 3.64. The van der Waals surface area contributed by atoms with Gasteiger partial charge in [-0.05, 0) is 74.6 Å². The van der Waals surface area contributed by atoms with E-state index in [0.29, 0.717) is 30.0 Å². The van der Waals surface area contributed by atoms with Crippen LogP contribution in [-0.2, 0) is 9.59 Å². The molecule has 2 aliphatic rings. The fraction of sp³-hybridized carbons (Fsp3) is 0.400. The van der Waals surface area contributed by atoms with Crippen molar-refractivity contribution in [2.24, 2.45) is 10.7 Å². The van der Waals surface area contributed by atoms with Crippen LogP contribution >= 0.6 is 0 Å². The summed E-state index contributed by atoms with van der Waals surface area (Å²) in [7, 11) is 1.57. The molecular weight excluding hydrogens is 494 g/mol. The number of aliphatic imine (C=N–C) groups is 1. The van der Waals surface area contributed by atoms with Crippen LogP contribution in [0.5, 0.6) is 5.75 Å². The van der Waals surface area contributed by atoms with Gasteiger partial charge in [0.15, 0.2) is 0 Å². The molecule has 2 fully saturated rings. The normalized spacial score (nSPS) is 15.2. The number of nitrogens with zero attached hydrogens (tertiary/aromatic N) is 3. The molecule has 3 N–H and O–H groups in total.